The Bertz CT molecular complexity index is 47.8. The Morgan fingerprint density at radius 2 is 2.25 bits per heavy atom. The first-order valence-corrected chi connectivity index (χ1v) is 4.75. The van der Waals surface area contributed by atoms with E-state index in [1.165, 1.54) is 7.53 Å². The van der Waals surface area contributed by atoms with Crippen LogP contribution in [0.1, 0.15) is 0 Å². The average Bonchev–Trinajstić information content (AvgIpc) is 0.722. The van der Waals surface area contributed by atoms with E-state index in [9.17, 15) is 0 Å². The fraction of sp³-hybridized carbons (Fsp3) is 0. The van der Waals surface area contributed by atoms with Crippen molar-refractivity contribution in [2.45, 2.75) is 0 Å². The Balaban J connectivity index is 3.00. The van der Waals surface area contributed by atoms with Gasteiger partial charge in [0.1, 0.15) is 7.53 Å². The first-order chi connectivity index (χ1) is 2.00. The van der Waals surface area contributed by atoms with E-state index < -0.39 is 0 Å². The molecular formula is HNP2S. The zero-order valence-electron chi connectivity index (χ0n) is 1.80. The molecule has 0 fully saturated rings. The molecule has 0 radical (unpaired) electrons. The lowest BCUT2D eigenvalue weighted by atomic mass is 13.9. The van der Waals surface area contributed by atoms with Crippen LogP contribution in [0.25, 0.3) is 0 Å². The monoisotopic (exact) mass is 109 g/mol. The number of hydrogen-bond donors (Lipinski definition) is 0. The lowest BCUT2D eigenvalue weighted by Crippen LogP contribution is -1.26. The van der Waals surface area contributed by atoms with Gasteiger partial charge in [-0.05, 0) is 0 Å². The predicted molar refractivity (Wildman–Crippen MR) is 24.1 cm³/mol. The second-order valence-electron chi connectivity index (χ2n) is 0.364. The quantitative estimate of drug-likeness (QED) is 0.494. The van der Waals surface area contributed by atoms with Gasteiger partial charge < -0.3 is 0 Å². The molecule has 0 aliphatic rings. The molecule has 4 heteroatoms. The van der Waals surface area contributed by atoms with Gasteiger partial charge in [0.05, 0.1) is 0 Å². The van der Waals surface area contributed by atoms with Gasteiger partial charge in [0.15, 0.2) is 0 Å². The standard InChI is InChI=1S/HNP2S/c1-2-4-3-1/h2H. The van der Waals surface area contributed by atoms with Crippen molar-refractivity contribution in [3.8, 4) is 0 Å². The predicted octanol–water partition coefficient (Wildman–Crippen LogP) is 1.75. The Hall–Kier alpha value is 0.620. The van der Waals surface area contributed by atoms with Crippen LogP contribution in [0.4, 0.5) is 0 Å². The number of rotatable bonds is 0. The molecule has 1 heterocycles. The van der Waals surface area contributed by atoms with Crippen molar-refractivity contribution in [1.29, 1.82) is 0 Å². The third kappa shape index (κ3) is 0.322. The summed E-state index contributed by atoms with van der Waals surface area (Å²) >= 11 is 0. The molecule has 0 N–H and O–H groups in total. The van der Waals surface area contributed by atoms with E-state index in [1.54, 1.807) is 0 Å². The molecule has 1 aromatic rings. The molecule has 0 saturated carbocycles. The smallest absolute Gasteiger partial charge is 0.114 e. The SMILES string of the molecule is n1ps[pH]1. The van der Waals surface area contributed by atoms with Gasteiger partial charge in [-0.1, -0.05) is 10.5 Å². The third-order valence-electron chi connectivity index (χ3n) is 0.163. The normalized spacial score (nSPS) is 12.0. The molecule has 4 heavy (non-hydrogen) atoms. The maximum absolute atomic E-state index is 3.88. The summed E-state index contributed by atoms with van der Waals surface area (Å²) in [6, 6.07) is 0. The van der Waals surface area contributed by atoms with Crippen molar-refractivity contribution in [2.24, 2.45) is 0 Å². The van der Waals surface area contributed by atoms with Crippen molar-refractivity contribution in [1.82, 2.24) is 4.51 Å². The summed E-state index contributed by atoms with van der Waals surface area (Å²) in [7, 11) is 3.95. The Morgan fingerprint density at radius 3 is 2.25 bits per heavy atom. The minimum atomic E-state index is 0.850. The van der Waals surface area contributed by atoms with Gasteiger partial charge in [-0.25, -0.2) is 0 Å². The number of aromatic nitrogens is 1. The summed E-state index contributed by atoms with van der Waals surface area (Å²) in [6.45, 7) is 0. The van der Waals surface area contributed by atoms with Gasteiger partial charge in [-0.3, -0.25) is 0 Å². The van der Waals surface area contributed by atoms with Crippen LogP contribution in [0, 0.1) is 0 Å². The van der Waals surface area contributed by atoms with Crippen LogP contribution in [-0.2, 0) is 0 Å². The van der Waals surface area contributed by atoms with Crippen LogP contribution in [0.2, 0.25) is 0 Å². The van der Waals surface area contributed by atoms with Crippen LogP contribution >= 0.6 is 25.6 Å². The Labute approximate surface area is 30.9 Å². The van der Waals surface area contributed by atoms with E-state index in [1.807, 2.05) is 10.5 Å². The molecule has 0 bridgehead atoms. The summed E-state index contributed by atoms with van der Waals surface area (Å²) < 4.78 is 3.88. The van der Waals surface area contributed by atoms with Crippen molar-refractivity contribution in [3.63, 3.8) is 0 Å². The molecule has 0 amide bonds. The van der Waals surface area contributed by atoms with Crippen LogP contribution in [-0.4, -0.2) is 4.51 Å². The Kier molecular flexibility index (Phi) is 0.826. The maximum Gasteiger partial charge on any atom is 0.114 e. The van der Waals surface area contributed by atoms with Gasteiger partial charge in [0.25, 0.3) is 0 Å². The highest BCUT2D eigenvalue weighted by atomic mass is 32.8. The zero-order chi connectivity index (χ0) is 2.83. The average molecular weight is 109 g/mol. The molecule has 22 valence electrons. The summed E-state index contributed by atoms with van der Waals surface area (Å²) in [5, 5.41) is 0. The fourth-order valence-corrected chi connectivity index (χ4v) is 1.10. The molecular weight excluding hydrogens is 108 g/mol. The first kappa shape index (κ1) is 2.84. The minimum Gasteiger partial charge on any atom is -0.198 e. The van der Waals surface area contributed by atoms with E-state index in [0.29, 0.717) is 0 Å². The largest absolute Gasteiger partial charge is 0.198 e. The molecule has 1 atom stereocenters. The van der Waals surface area contributed by atoms with Crippen LogP contribution < -0.4 is 0 Å². The van der Waals surface area contributed by atoms with Gasteiger partial charge in [-0.2, -0.15) is 4.51 Å². The van der Waals surface area contributed by atoms with E-state index >= 15 is 0 Å². The van der Waals surface area contributed by atoms with Gasteiger partial charge >= 0.3 is 0 Å². The molecule has 1 nitrogen and oxygen atoms in total. The topological polar surface area (TPSA) is 12.9 Å². The summed E-state index contributed by atoms with van der Waals surface area (Å²) in [6.07, 6.45) is 0. The van der Waals surface area contributed by atoms with E-state index in [4.69, 9.17) is 0 Å². The molecule has 0 saturated heterocycles. The molecule has 0 aliphatic carbocycles. The van der Waals surface area contributed by atoms with Crippen molar-refractivity contribution < 1.29 is 0 Å². The van der Waals surface area contributed by atoms with Crippen LogP contribution in [0.5, 0.6) is 0 Å². The van der Waals surface area contributed by atoms with Gasteiger partial charge in [0, 0.05) is 7.53 Å². The second-order valence-corrected chi connectivity index (χ2v) is 4.92. The van der Waals surface area contributed by atoms with E-state index in [0.717, 1.165) is 7.53 Å². The maximum atomic E-state index is 3.88. The fourth-order valence-electron chi connectivity index (χ4n) is 0.0408. The highest BCUT2D eigenvalue weighted by Crippen LogP contribution is 2.22. The minimum absolute atomic E-state index is 0.850. The first-order valence-electron chi connectivity index (χ1n) is 0.810. The summed E-state index contributed by atoms with van der Waals surface area (Å²) in [5.74, 6) is 0. The molecule has 1 unspecified atom stereocenters. The summed E-state index contributed by atoms with van der Waals surface area (Å²) in [5.41, 5.74) is 0. The lowest BCUT2D eigenvalue weighted by molar-refractivity contribution is 1.92. The molecule has 0 aromatic carbocycles. The highest BCUT2D eigenvalue weighted by molar-refractivity contribution is 8.10. The van der Waals surface area contributed by atoms with E-state index in [-0.39, 0.29) is 0 Å². The summed E-state index contributed by atoms with van der Waals surface area (Å²) in [4.78, 5) is 0. The van der Waals surface area contributed by atoms with Crippen molar-refractivity contribution in [3.05, 3.63) is 0 Å². The zero-order valence-corrected chi connectivity index (χ0v) is 4.51. The molecule has 0 spiro atoms. The molecule has 1 rings (SSSR count). The Morgan fingerprint density at radius 1 is 2.00 bits per heavy atom. The lowest BCUT2D eigenvalue weighted by Gasteiger charge is -1.67. The number of hydrogen-bond acceptors (Lipinski definition) is 2. The third-order valence-corrected chi connectivity index (χ3v) is 4.41. The van der Waals surface area contributed by atoms with Crippen molar-refractivity contribution in [2.75, 3.05) is 0 Å². The highest BCUT2D eigenvalue weighted by Gasteiger charge is 1.61. The van der Waals surface area contributed by atoms with Gasteiger partial charge in [-0.15, -0.1) is 0 Å². The van der Waals surface area contributed by atoms with Crippen LogP contribution in [0.15, 0.2) is 0 Å². The molecule has 1 aromatic heterocycles. The van der Waals surface area contributed by atoms with Gasteiger partial charge in [0.2, 0.25) is 0 Å². The second kappa shape index (κ2) is 1.16. The molecule has 0 aliphatic heterocycles. The number of nitrogens with zero attached hydrogens (tertiary/aromatic N) is 1. The van der Waals surface area contributed by atoms with Crippen LogP contribution in [0.3, 0.4) is 0 Å². The van der Waals surface area contributed by atoms with Crippen molar-refractivity contribution >= 4 is 25.6 Å². The van der Waals surface area contributed by atoms with E-state index in [2.05, 4.69) is 4.51 Å².